The number of benzene rings is 1. The van der Waals surface area contributed by atoms with Gasteiger partial charge in [-0.15, -0.1) is 5.01 Å². The summed E-state index contributed by atoms with van der Waals surface area (Å²) in [6.07, 6.45) is 3.38. The van der Waals surface area contributed by atoms with Gasteiger partial charge in [-0.05, 0) is 38.0 Å². The van der Waals surface area contributed by atoms with Gasteiger partial charge >= 0.3 is 6.03 Å². The van der Waals surface area contributed by atoms with Crippen molar-refractivity contribution in [2.45, 2.75) is 45.7 Å². The number of hydrogen-bond acceptors (Lipinski definition) is 5. The third-order valence-corrected chi connectivity index (χ3v) is 5.37. The van der Waals surface area contributed by atoms with Gasteiger partial charge in [0.1, 0.15) is 16.4 Å². The molecule has 1 atom stereocenters. The molecule has 0 radical (unpaired) electrons. The van der Waals surface area contributed by atoms with E-state index in [4.69, 9.17) is 16.3 Å². The summed E-state index contributed by atoms with van der Waals surface area (Å²) >= 11 is 6.40. The smallest absolute Gasteiger partial charge is 0.346 e. The van der Waals surface area contributed by atoms with Crippen LogP contribution < -0.4 is 10.1 Å². The van der Waals surface area contributed by atoms with Crippen molar-refractivity contribution in [2.75, 3.05) is 7.11 Å². The van der Waals surface area contributed by atoms with Crippen LogP contribution in [0.3, 0.4) is 0 Å². The zero-order valence-corrected chi connectivity index (χ0v) is 17.7. The Hall–Kier alpha value is -2.87. The van der Waals surface area contributed by atoms with Gasteiger partial charge in [0.2, 0.25) is 0 Å². The first kappa shape index (κ1) is 20.9. The summed E-state index contributed by atoms with van der Waals surface area (Å²) in [4.78, 5) is 25.4. The minimum atomic E-state index is -1.22. The number of aromatic nitrogens is 2. The maximum atomic E-state index is 13.0. The molecule has 0 aliphatic carbocycles. The number of carbonyl (C=O) groups excluding carboxylic acids is 2. The summed E-state index contributed by atoms with van der Waals surface area (Å²) in [5.41, 5.74) is 0.683. The van der Waals surface area contributed by atoms with Crippen LogP contribution in [0.15, 0.2) is 29.4 Å². The number of carbonyl (C=O) groups is 2. The number of halogens is 1. The van der Waals surface area contributed by atoms with Crippen LogP contribution >= 0.6 is 11.6 Å². The Kier molecular flexibility index (Phi) is 5.93. The van der Waals surface area contributed by atoms with E-state index in [9.17, 15) is 9.59 Å². The molecule has 0 spiro atoms. The largest absolute Gasteiger partial charge is 0.497 e. The molecule has 2 aromatic rings. The fourth-order valence-corrected chi connectivity index (χ4v) is 3.44. The number of aryl methyl sites for hydroxylation is 2. The third kappa shape index (κ3) is 3.85. The fourth-order valence-electron chi connectivity index (χ4n) is 3.13. The summed E-state index contributed by atoms with van der Waals surface area (Å²) in [6, 6.07) is 6.35. The van der Waals surface area contributed by atoms with Crippen LogP contribution in [-0.2, 0) is 16.9 Å². The first-order valence-corrected chi connectivity index (χ1v) is 9.77. The van der Waals surface area contributed by atoms with Gasteiger partial charge in [0.05, 0.1) is 24.6 Å². The van der Waals surface area contributed by atoms with Crippen LogP contribution in [-0.4, -0.2) is 40.1 Å². The summed E-state index contributed by atoms with van der Waals surface area (Å²) < 4.78 is 6.85. The van der Waals surface area contributed by atoms with Crippen LogP contribution in [0.1, 0.15) is 43.5 Å². The van der Waals surface area contributed by atoms with Gasteiger partial charge in [-0.25, -0.2) is 4.79 Å². The van der Waals surface area contributed by atoms with E-state index in [0.29, 0.717) is 34.3 Å². The Morgan fingerprint density at radius 2 is 2.00 bits per heavy atom. The van der Waals surface area contributed by atoms with Crippen LogP contribution in [0.25, 0.3) is 0 Å². The minimum absolute atomic E-state index is 0.435. The Labute approximate surface area is 174 Å². The number of hydrazone groups is 1. The van der Waals surface area contributed by atoms with Crippen molar-refractivity contribution >= 4 is 29.8 Å². The number of hydrogen-bond donors (Lipinski definition) is 1. The fraction of sp³-hybridized carbons (Fsp3) is 0.400. The number of ether oxygens (including phenoxy) is 1. The molecule has 1 fully saturated rings. The molecule has 1 aliphatic rings. The van der Waals surface area contributed by atoms with E-state index in [2.05, 4.69) is 22.4 Å². The Bertz CT molecular complexity index is 954. The molecule has 0 bridgehead atoms. The van der Waals surface area contributed by atoms with Crippen molar-refractivity contribution in [3.05, 3.63) is 46.2 Å². The van der Waals surface area contributed by atoms with Gasteiger partial charge in [0.25, 0.3) is 5.91 Å². The van der Waals surface area contributed by atoms with E-state index < -0.39 is 17.5 Å². The lowest BCUT2D eigenvalue weighted by molar-refractivity contribution is -0.131. The van der Waals surface area contributed by atoms with E-state index in [-0.39, 0.29) is 0 Å². The van der Waals surface area contributed by atoms with Crippen LogP contribution in [0, 0.1) is 6.92 Å². The summed E-state index contributed by atoms with van der Waals surface area (Å²) in [5.74, 6) is 0.185. The van der Waals surface area contributed by atoms with Gasteiger partial charge in [-0.2, -0.15) is 10.2 Å². The standard InChI is InChI=1S/C20H24ClN5O3/c1-5-6-11-25-17(21)16(13(2)24-25)12-22-26-18(27)20(3,23-19(26)28)14-7-9-15(29-4)10-8-14/h7-10,12H,5-6,11H2,1-4H3,(H,23,28)/b22-12-/t20-/m1/s1. The number of nitrogens with one attached hydrogen (secondary N) is 1. The quantitative estimate of drug-likeness (QED) is 0.552. The molecule has 1 aromatic heterocycles. The van der Waals surface area contributed by atoms with E-state index in [1.54, 1.807) is 43.0 Å². The topological polar surface area (TPSA) is 88.8 Å². The summed E-state index contributed by atoms with van der Waals surface area (Å²) in [7, 11) is 1.56. The molecular formula is C20H24ClN5O3. The molecule has 1 aromatic carbocycles. The molecule has 29 heavy (non-hydrogen) atoms. The number of urea groups is 1. The zero-order chi connectivity index (χ0) is 21.2. The van der Waals surface area contributed by atoms with E-state index >= 15 is 0 Å². The molecule has 1 saturated heterocycles. The molecule has 3 amide bonds. The van der Waals surface area contributed by atoms with Crippen molar-refractivity contribution in [1.82, 2.24) is 20.1 Å². The average Bonchev–Trinajstić information content (AvgIpc) is 3.11. The lowest BCUT2D eigenvalue weighted by Crippen LogP contribution is -2.40. The van der Waals surface area contributed by atoms with E-state index in [1.807, 2.05) is 6.92 Å². The molecule has 0 saturated carbocycles. The Morgan fingerprint density at radius 1 is 1.31 bits per heavy atom. The van der Waals surface area contributed by atoms with Crippen molar-refractivity contribution in [2.24, 2.45) is 5.10 Å². The predicted octanol–water partition coefficient (Wildman–Crippen LogP) is 3.45. The number of methoxy groups -OCH3 is 1. The molecule has 0 unspecified atom stereocenters. The normalized spacial score (nSPS) is 19.3. The van der Waals surface area contributed by atoms with Crippen molar-refractivity contribution in [1.29, 1.82) is 0 Å². The highest BCUT2D eigenvalue weighted by molar-refractivity contribution is 6.32. The maximum Gasteiger partial charge on any atom is 0.346 e. The van der Waals surface area contributed by atoms with Gasteiger partial charge in [-0.3, -0.25) is 9.48 Å². The second-order valence-electron chi connectivity index (χ2n) is 7.01. The molecule has 9 heteroatoms. The van der Waals surface area contributed by atoms with Crippen LogP contribution in [0.4, 0.5) is 4.79 Å². The molecule has 8 nitrogen and oxygen atoms in total. The molecule has 154 valence electrons. The number of amides is 3. The second kappa shape index (κ2) is 8.24. The van der Waals surface area contributed by atoms with E-state index in [0.717, 1.165) is 17.9 Å². The van der Waals surface area contributed by atoms with Gasteiger partial charge < -0.3 is 10.1 Å². The predicted molar refractivity (Wildman–Crippen MR) is 110 cm³/mol. The number of nitrogens with zero attached hydrogens (tertiary/aromatic N) is 4. The van der Waals surface area contributed by atoms with Gasteiger partial charge in [0, 0.05) is 6.54 Å². The highest BCUT2D eigenvalue weighted by atomic mass is 35.5. The Morgan fingerprint density at radius 3 is 2.62 bits per heavy atom. The highest BCUT2D eigenvalue weighted by Crippen LogP contribution is 2.30. The number of unbranched alkanes of at least 4 members (excludes halogenated alkanes) is 1. The van der Waals surface area contributed by atoms with Gasteiger partial charge in [-0.1, -0.05) is 37.1 Å². The summed E-state index contributed by atoms with van der Waals surface area (Å²) in [5, 5.41) is 12.5. The SMILES string of the molecule is CCCCn1nc(C)c(/C=N\N2C(=O)N[C@](C)(c3ccc(OC)cc3)C2=O)c1Cl. The molecule has 3 rings (SSSR count). The maximum absolute atomic E-state index is 13.0. The van der Waals surface area contributed by atoms with Crippen molar-refractivity contribution < 1.29 is 14.3 Å². The lowest BCUT2D eigenvalue weighted by atomic mass is 9.92. The second-order valence-corrected chi connectivity index (χ2v) is 7.37. The zero-order valence-electron chi connectivity index (χ0n) is 16.9. The minimum Gasteiger partial charge on any atom is -0.497 e. The average molecular weight is 418 g/mol. The first-order valence-electron chi connectivity index (χ1n) is 9.40. The van der Waals surface area contributed by atoms with Crippen molar-refractivity contribution in [3.63, 3.8) is 0 Å². The van der Waals surface area contributed by atoms with Gasteiger partial charge in [0.15, 0.2) is 0 Å². The lowest BCUT2D eigenvalue weighted by Gasteiger charge is -2.21. The molecular weight excluding hydrogens is 394 g/mol. The monoisotopic (exact) mass is 417 g/mol. The number of imide groups is 1. The van der Waals surface area contributed by atoms with E-state index in [1.165, 1.54) is 6.21 Å². The molecule has 1 N–H and O–H groups in total. The highest BCUT2D eigenvalue weighted by Gasteiger charge is 2.49. The Balaban J connectivity index is 1.84. The van der Waals surface area contributed by atoms with Crippen LogP contribution in [0.2, 0.25) is 5.15 Å². The number of rotatable bonds is 7. The van der Waals surface area contributed by atoms with Crippen molar-refractivity contribution in [3.8, 4) is 5.75 Å². The first-order chi connectivity index (χ1) is 13.8. The molecule has 2 heterocycles. The summed E-state index contributed by atoms with van der Waals surface area (Å²) in [6.45, 7) is 6.24. The molecule has 1 aliphatic heterocycles. The third-order valence-electron chi connectivity index (χ3n) is 4.97. The van der Waals surface area contributed by atoms with Crippen LogP contribution in [0.5, 0.6) is 5.75 Å².